The van der Waals surface area contributed by atoms with Gasteiger partial charge in [0.2, 0.25) is 0 Å². The lowest BCUT2D eigenvalue weighted by Gasteiger charge is -2.05. The molecule has 1 amide bonds. The number of nitrogens with one attached hydrogen (secondary N) is 2. The van der Waals surface area contributed by atoms with Gasteiger partial charge < -0.3 is 15.0 Å². The molecule has 5 nitrogen and oxygen atoms in total. The second-order valence-electron chi connectivity index (χ2n) is 4.35. The zero-order chi connectivity index (χ0) is 14.9. The number of H-pyrrole nitrogens is 1. The summed E-state index contributed by atoms with van der Waals surface area (Å²) in [6.07, 6.45) is 5.58. The quantitative estimate of drug-likeness (QED) is 0.801. The highest BCUT2D eigenvalue weighted by Gasteiger charge is 2.00. The third kappa shape index (κ3) is 4.99. The summed E-state index contributed by atoms with van der Waals surface area (Å²) in [7, 11) is 0. The number of aromatic nitrogens is 1. The largest absolute Gasteiger partial charge is 0.445 e. The summed E-state index contributed by atoms with van der Waals surface area (Å²) in [5.41, 5.74) is 2.33. The minimum absolute atomic E-state index is 0.247. The zero-order valence-corrected chi connectivity index (χ0v) is 11.4. The van der Waals surface area contributed by atoms with Crippen LogP contribution in [0, 0.1) is 0 Å². The van der Waals surface area contributed by atoms with E-state index in [4.69, 9.17) is 4.74 Å². The highest BCUT2D eigenvalue weighted by atomic mass is 16.5. The van der Waals surface area contributed by atoms with Crippen molar-refractivity contribution in [3.63, 3.8) is 0 Å². The SMILES string of the molecule is O=Cc1cc(C=CCNC(=O)OCc2ccccc2)c[nH]1. The Bertz CT molecular complexity index is 617. The van der Waals surface area contributed by atoms with Crippen LogP contribution in [0.15, 0.2) is 48.7 Å². The summed E-state index contributed by atoms with van der Waals surface area (Å²) < 4.78 is 5.07. The van der Waals surface area contributed by atoms with Gasteiger partial charge in [0, 0.05) is 12.7 Å². The van der Waals surface area contributed by atoms with Crippen molar-refractivity contribution in [2.75, 3.05) is 6.54 Å². The Morgan fingerprint density at radius 3 is 2.81 bits per heavy atom. The van der Waals surface area contributed by atoms with Crippen LogP contribution in [-0.4, -0.2) is 23.9 Å². The molecule has 0 spiro atoms. The molecule has 0 radical (unpaired) electrons. The third-order valence-electron chi connectivity index (χ3n) is 2.74. The van der Waals surface area contributed by atoms with Crippen LogP contribution in [0.25, 0.3) is 6.08 Å². The van der Waals surface area contributed by atoms with Crippen molar-refractivity contribution in [1.82, 2.24) is 10.3 Å². The van der Waals surface area contributed by atoms with Crippen molar-refractivity contribution in [2.45, 2.75) is 6.61 Å². The Balaban J connectivity index is 1.68. The summed E-state index contributed by atoms with van der Waals surface area (Å²) in [6.45, 7) is 0.603. The summed E-state index contributed by atoms with van der Waals surface area (Å²) in [5, 5.41) is 2.62. The van der Waals surface area contributed by atoms with Crippen molar-refractivity contribution in [3.05, 3.63) is 65.5 Å². The average Bonchev–Trinajstić information content (AvgIpc) is 2.98. The van der Waals surface area contributed by atoms with E-state index in [1.807, 2.05) is 30.3 Å². The fourth-order valence-corrected chi connectivity index (χ4v) is 1.71. The number of benzene rings is 1. The van der Waals surface area contributed by atoms with Crippen LogP contribution in [0.1, 0.15) is 21.6 Å². The van der Waals surface area contributed by atoms with Gasteiger partial charge in [0.15, 0.2) is 6.29 Å². The fraction of sp³-hybridized carbons (Fsp3) is 0.125. The number of ether oxygens (including phenoxy) is 1. The van der Waals surface area contributed by atoms with Crippen LogP contribution in [0.2, 0.25) is 0 Å². The number of rotatable bonds is 6. The van der Waals surface area contributed by atoms with Crippen molar-refractivity contribution >= 4 is 18.5 Å². The molecule has 2 aromatic rings. The number of alkyl carbamates (subject to hydrolysis) is 1. The fourth-order valence-electron chi connectivity index (χ4n) is 1.71. The van der Waals surface area contributed by atoms with Gasteiger partial charge in [-0.2, -0.15) is 0 Å². The molecule has 0 unspecified atom stereocenters. The molecule has 1 heterocycles. The molecule has 0 bridgehead atoms. The van der Waals surface area contributed by atoms with Crippen LogP contribution in [-0.2, 0) is 11.3 Å². The van der Waals surface area contributed by atoms with E-state index in [-0.39, 0.29) is 6.61 Å². The molecule has 0 fully saturated rings. The lowest BCUT2D eigenvalue weighted by atomic mass is 10.2. The molecule has 21 heavy (non-hydrogen) atoms. The molecular weight excluding hydrogens is 268 g/mol. The first-order chi connectivity index (χ1) is 10.3. The monoisotopic (exact) mass is 284 g/mol. The van der Waals surface area contributed by atoms with Crippen molar-refractivity contribution in [1.29, 1.82) is 0 Å². The van der Waals surface area contributed by atoms with E-state index in [1.54, 1.807) is 24.4 Å². The van der Waals surface area contributed by atoms with Gasteiger partial charge in [-0.3, -0.25) is 4.79 Å². The topological polar surface area (TPSA) is 71.2 Å². The highest BCUT2D eigenvalue weighted by molar-refractivity contribution is 5.74. The van der Waals surface area contributed by atoms with Crippen molar-refractivity contribution in [2.24, 2.45) is 0 Å². The Hall–Kier alpha value is -2.82. The first kappa shape index (κ1) is 14.6. The van der Waals surface area contributed by atoms with Gasteiger partial charge in [-0.15, -0.1) is 0 Å². The van der Waals surface area contributed by atoms with Crippen LogP contribution >= 0.6 is 0 Å². The van der Waals surface area contributed by atoms with Crippen LogP contribution in [0.5, 0.6) is 0 Å². The second-order valence-corrected chi connectivity index (χ2v) is 4.35. The molecule has 0 saturated heterocycles. The van der Waals surface area contributed by atoms with E-state index < -0.39 is 6.09 Å². The predicted molar refractivity (Wildman–Crippen MR) is 79.8 cm³/mol. The van der Waals surface area contributed by atoms with Crippen LogP contribution < -0.4 is 5.32 Å². The molecule has 1 aromatic heterocycles. The summed E-state index contributed by atoms with van der Waals surface area (Å²) in [6, 6.07) is 11.2. The molecule has 108 valence electrons. The van der Waals surface area contributed by atoms with Crippen LogP contribution in [0.3, 0.4) is 0 Å². The first-order valence-corrected chi connectivity index (χ1v) is 6.52. The second kappa shape index (κ2) is 7.69. The van der Waals surface area contributed by atoms with E-state index in [9.17, 15) is 9.59 Å². The maximum absolute atomic E-state index is 11.5. The molecule has 2 N–H and O–H groups in total. The van der Waals surface area contributed by atoms with Gasteiger partial charge in [0.1, 0.15) is 6.61 Å². The standard InChI is InChI=1S/C16H16N2O3/c19-11-15-9-14(10-18-15)7-4-8-17-16(20)21-12-13-5-2-1-3-6-13/h1-7,9-11,18H,8,12H2,(H,17,20). The Morgan fingerprint density at radius 2 is 2.10 bits per heavy atom. The lowest BCUT2D eigenvalue weighted by Crippen LogP contribution is -2.24. The van der Waals surface area contributed by atoms with Gasteiger partial charge >= 0.3 is 6.09 Å². The number of amides is 1. The molecular formula is C16H16N2O3. The van der Waals surface area contributed by atoms with E-state index in [1.165, 1.54) is 0 Å². The summed E-state index contributed by atoms with van der Waals surface area (Å²) in [4.78, 5) is 24.8. The maximum Gasteiger partial charge on any atom is 0.407 e. The lowest BCUT2D eigenvalue weighted by molar-refractivity contribution is 0.111. The van der Waals surface area contributed by atoms with Crippen molar-refractivity contribution in [3.8, 4) is 0 Å². The minimum Gasteiger partial charge on any atom is -0.445 e. The Labute approximate surface area is 122 Å². The molecule has 0 saturated carbocycles. The molecule has 0 aliphatic heterocycles. The van der Waals surface area contributed by atoms with Gasteiger partial charge in [-0.25, -0.2) is 4.79 Å². The highest BCUT2D eigenvalue weighted by Crippen LogP contribution is 2.03. The van der Waals surface area contributed by atoms with E-state index >= 15 is 0 Å². The molecule has 2 rings (SSSR count). The van der Waals surface area contributed by atoms with Gasteiger partial charge in [-0.1, -0.05) is 42.5 Å². The summed E-state index contributed by atoms with van der Waals surface area (Å²) >= 11 is 0. The smallest absolute Gasteiger partial charge is 0.407 e. The zero-order valence-electron chi connectivity index (χ0n) is 11.4. The van der Waals surface area contributed by atoms with E-state index in [0.717, 1.165) is 17.4 Å². The molecule has 0 atom stereocenters. The average molecular weight is 284 g/mol. The maximum atomic E-state index is 11.5. The number of hydrogen-bond acceptors (Lipinski definition) is 3. The van der Waals surface area contributed by atoms with Gasteiger partial charge in [0.25, 0.3) is 0 Å². The Morgan fingerprint density at radius 1 is 1.29 bits per heavy atom. The number of carbonyl (C=O) groups is 2. The molecule has 5 heteroatoms. The van der Waals surface area contributed by atoms with Gasteiger partial charge in [0.05, 0.1) is 5.69 Å². The predicted octanol–water partition coefficient (Wildman–Crippen LogP) is 2.77. The molecule has 0 aliphatic rings. The minimum atomic E-state index is -0.467. The van der Waals surface area contributed by atoms with Crippen LogP contribution in [0.4, 0.5) is 4.79 Å². The molecule has 1 aromatic carbocycles. The van der Waals surface area contributed by atoms with E-state index in [0.29, 0.717) is 12.2 Å². The number of hydrogen-bond donors (Lipinski definition) is 2. The van der Waals surface area contributed by atoms with Gasteiger partial charge in [-0.05, 0) is 17.2 Å². The summed E-state index contributed by atoms with van der Waals surface area (Å²) in [5.74, 6) is 0. The normalized spacial score (nSPS) is 10.5. The Kier molecular flexibility index (Phi) is 5.34. The first-order valence-electron chi connectivity index (χ1n) is 6.52. The number of carbonyl (C=O) groups excluding carboxylic acids is 2. The number of aromatic amines is 1. The number of aldehydes is 1. The third-order valence-corrected chi connectivity index (χ3v) is 2.74. The van der Waals surface area contributed by atoms with E-state index in [2.05, 4.69) is 10.3 Å². The molecule has 0 aliphatic carbocycles. The van der Waals surface area contributed by atoms with Crippen molar-refractivity contribution < 1.29 is 14.3 Å².